The number of carbonyl (C=O) groups excluding carboxylic acids is 2. The molecule has 2 aromatic carbocycles. The summed E-state index contributed by atoms with van der Waals surface area (Å²) >= 11 is 5.95. The zero-order valence-corrected chi connectivity index (χ0v) is 33.6. The van der Waals surface area contributed by atoms with Crippen molar-refractivity contribution in [1.29, 1.82) is 0 Å². The molecule has 5 aromatic heterocycles. The van der Waals surface area contributed by atoms with Crippen LogP contribution in [0.1, 0.15) is 56.1 Å². The molecule has 8 nitrogen and oxygen atoms in total. The Balaban J connectivity index is 0.000000197. The van der Waals surface area contributed by atoms with Crippen molar-refractivity contribution in [1.82, 2.24) is 23.8 Å². The first-order valence-electron chi connectivity index (χ1n) is 19.8. The van der Waals surface area contributed by atoms with Crippen molar-refractivity contribution in [2.45, 2.75) is 70.1 Å². The highest BCUT2D eigenvalue weighted by Crippen LogP contribution is 2.29. The third-order valence-electron chi connectivity index (χ3n) is 10.4. The summed E-state index contributed by atoms with van der Waals surface area (Å²) in [6.07, 6.45) is 0.957. The Morgan fingerprint density at radius 1 is 0.574 bits per heavy atom. The van der Waals surface area contributed by atoms with Crippen LogP contribution in [-0.4, -0.2) is 60.8 Å². The number of imidazole rings is 2. The molecule has 0 atom stereocenters. The highest BCUT2D eigenvalue weighted by Gasteiger charge is 2.28. The summed E-state index contributed by atoms with van der Waals surface area (Å²) in [5.74, 6) is 0.158. The predicted octanol–water partition coefficient (Wildman–Crippen LogP) is 11.6. The lowest BCUT2D eigenvalue weighted by atomic mass is 10.0. The number of halogens is 7. The number of carbonyl (C=O) groups is 2. The zero-order chi connectivity index (χ0) is 43.1. The number of anilines is 1. The van der Waals surface area contributed by atoms with Crippen LogP contribution in [0.15, 0.2) is 116 Å². The van der Waals surface area contributed by atoms with Crippen LogP contribution in [0, 0.1) is 0 Å². The Morgan fingerprint density at radius 2 is 1.11 bits per heavy atom. The standard InChI is InChI=1S/C28H27F3N4O.C18H14ClF3N2O/c29-28(30,31)11-9-24(36)16-20-5-4-6-22(15-20)25-19-33-27-17-21(10-14-35(25)27)23-7-8-26(32-18-23)34-12-2-1-3-13-34;19-14-5-7-24-16(11-23-17(24)10-14)13-3-1-2-12(8-13)9-15(25)4-6-18(20,21)22/h4-8,10,14-15,17-19H,1-3,9,11-13,16H2;1-3,5,7-8,10-11H,4,6,9H2. The van der Waals surface area contributed by atoms with E-state index in [4.69, 9.17) is 11.6 Å². The van der Waals surface area contributed by atoms with Crippen LogP contribution in [0.25, 0.3) is 44.9 Å². The van der Waals surface area contributed by atoms with Crippen molar-refractivity contribution in [2.24, 2.45) is 0 Å². The maximum absolute atomic E-state index is 12.4. The number of hydrogen-bond acceptors (Lipinski definition) is 6. The van der Waals surface area contributed by atoms with E-state index in [2.05, 4.69) is 32.0 Å². The van der Waals surface area contributed by atoms with Gasteiger partial charge in [0.1, 0.15) is 28.7 Å². The summed E-state index contributed by atoms with van der Waals surface area (Å²) in [6, 6.07) is 26.1. The third kappa shape index (κ3) is 11.6. The molecule has 0 radical (unpaired) electrons. The van der Waals surface area contributed by atoms with Crippen LogP contribution in [0.3, 0.4) is 0 Å². The quantitative estimate of drug-likeness (QED) is 0.114. The van der Waals surface area contributed by atoms with Gasteiger partial charge in [-0.2, -0.15) is 26.3 Å². The average Bonchev–Trinajstić information content (AvgIpc) is 3.87. The smallest absolute Gasteiger partial charge is 0.357 e. The molecular weight excluding hydrogens is 818 g/mol. The van der Waals surface area contributed by atoms with E-state index < -0.39 is 49.6 Å². The molecule has 6 heterocycles. The van der Waals surface area contributed by atoms with E-state index >= 15 is 0 Å². The first kappa shape index (κ1) is 43.1. The van der Waals surface area contributed by atoms with Gasteiger partial charge in [0, 0.05) is 85.1 Å². The summed E-state index contributed by atoms with van der Waals surface area (Å²) in [4.78, 5) is 39.7. The molecule has 1 saturated heterocycles. The molecule has 0 amide bonds. The number of benzene rings is 2. The Labute approximate surface area is 352 Å². The molecule has 0 N–H and O–H groups in total. The Morgan fingerprint density at radius 3 is 1.64 bits per heavy atom. The highest BCUT2D eigenvalue weighted by atomic mass is 35.5. The zero-order valence-electron chi connectivity index (χ0n) is 32.9. The second-order valence-electron chi connectivity index (χ2n) is 15.0. The number of nitrogens with zero attached hydrogens (tertiary/aromatic N) is 6. The summed E-state index contributed by atoms with van der Waals surface area (Å²) in [7, 11) is 0. The van der Waals surface area contributed by atoms with E-state index in [-0.39, 0.29) is 12.8 Å². The number of rotatable bonds is 12. The predicted molar refractivity (Wildman–Crippen MR) is 224 cm³/mol. The summed E-state index contributed by atoms with van der Waals surface area (Å²) < 4.78 is 77.7. The van der Waals surface area contributed by atoms with E-state index in [0.717, 1.165) is 58.2 Å². The van der Waals surface area contributed by atoms with Gasteiger partial charge in [0.05, 0.1) is 36.6 Å². The van der Waals surface area contributed by atoms with Crippen molar-refractivity contribution in [3.05, 3.63) is 132 Å². The number of alkyl halides is 6. The molecule has 0 aliphatic carbocycles. The molecule has 316 valence electrons. The number of ketones is 2. The van der Waals surface area contributed by atoms with E-state index in [1.165, 1.54) is 19.3 Å². The van der Waals surface area contributed by atoms with Gasteiger partial charge in [0.2, 0.25) is 0 Å². The van der Waals surface area contributed by atoms with Crippen molar-refractivity contribution in [3.8, 4) is 33.6 Å². The summed E-state index contributed by atoms with van der Waals surface area (Å²) in [5, 5.41) is 0.577. The van der Waals surface area contributed by atoms with E-state index in [0.29, 0.717) is 21.8 Å². The van der Waals surface area contributed by atoms with Crippen molar-refractivity contribution in [3.63, 3.8) is 0 Å². The number of piperidine rings is 1. The SMILES string of the molecule is O=C(CCC(F)(F)F)Cc1cccc(-c2cnc3cc(-c4ccc(N5CCCCC5)nc4)ccn23)c1.O=C(CCC(F)(F)F)Cc1cccc(-c2cnc3cc(Cl)ccn23)c1. The Kier molecular flexibility index (Phi) is 13.2. The molecule has 15 heteroatoms. The molecule has 0 unspecified atom stereocenters. The fourth-order valence-corrected chi connectivity index (χ4v) is 7.44. The molecular formula is C46H41ClF6N6O2. The molecule has 0 saturated carbocycles. The van der Waals surface area contributed by atoms with Crippen LogP contribution in [-0.2, 0) is 22.4 Å². The highest BCUT2D eigenvalue weighted by molar-refractivity contribution is 6.30. The van der Waals surface area contributed by atoms with Crippen LogP contribution in [0.4, 0.5) is 32.2 Å². The largest absolute Gasteiger partial charge is 0.389 e. The van der Waals surface area contributed by atoms with Gasteiger partial charge < -0.3 is 4.90 Å². The molecule has 1 fully saturated rings. The minimum Gasteiger partial charge on any atom is -0.357 e. The van der Waals surface area contributed by atoms with Crippen LogP contribution >= 0.6 is 11.6 Å². The Hall–Kier alpha value is -6.02. The minimum atomic E-state index is -4.32. The van der Waals surface area contributed by atoms with Gasteiger partial charge in [-0.05, 0) is 78.4 Å². The maximum atomic E-state index is 12.4. The van der Waals surface area contributed by atoms with Gasteiger partial charge in [0.25, 0.3) is 0 Å². The lowest BCUT2D eigenvalue weighted by molar-refractivity contribution is -0.143. The number of aromatic nitrogens is 5. The van der Waals surface area contributed by atoms with Gasteiger partial charge in [-0.15, -0.1) is 0 Å². The van der Waals surface area contributed by atoms with Crippen molar-refractivity contribution in [2.75, 3.05) is 18.0 Å². The van der Waals surface area contributed by atoms with Gasteiger partial charge in [-0.25, -0.2) is 15.0 Å². The number of pyridine rings is 3. The number of hydrogen-bond donors (Lipinski definition) is 0. The van der Waals surface area contributed by atoms with Crippen molar-refractivity contribution >= 4 is 40.3 Å². The van der Waals surface area contributed by atoms with E-state index in [1.54, 1.807) is 55.0 Å². The molecule has 1 aliphatic heterocycles. The van der Waals surface area contributed by atoms with Gasteiger partial charge >= 0.3 is 12.4 Å². The van der Waals surface area contributed by atoms with E-state index in [9.17, 15) is 35.9 Å². The van der Waals surface area contributed by atoms with Crippen molar-refractivity contribution < 1.29 is 35.9 Å². The lowest BCUT2D eigenvalue weighted by Gasteiger charge is -2.27. The van der Waals surface area contributed by atoms with E-state index in [1.807, 2.05) is 57.6 Å². The summed E-state index contributed by atoms with van der Waals surface area (Å²) in [5.41, 5.74) is 8.20. The molecule has 8 rings (SSSR count). The molecule has 0 spiro atoms. The molecule has 0 bridgehead atoms. The number of Topliss-reactive ketones (excluding diaryl/α,β-unsaturated/α-hetero) is 2. The first-order valence-corrected chi connectivity index (χ1v) is 20.2. The molecule has 7 aromatic rings. The average molecular weight is 859 g/mol. The number of fused-ring (bicyclic) bond motifs is 2. The maximum Gasteiger partial charge on any atom is 0.389 e. The normalized spacial score (nSPS) is 13.3. The van der Waals surface area contributed by atoms with Crippen LogP contribution < -0.4 is 4.90 Å². The topological polar surface area (TPSA) is 84.9 Å². The minimum absolute atomic E-state index is 0.0213. The molecule has 61 heavy (non-hydrogen) atoms. The third-order valence-corrected chi connectivity index (χ3v) is 10.6. The van der Waals surface area contributed by atoms with Crippen LogP contribution in [0.5, 0.6) is 0 Å². The van der Waals surface area contributed by atoms with Gasteiger partial charge in [-0.1, -0.05) is 48.0 Å². The monoisotopic (exact) mass is 858 g/mol. The summed E-state index contributed by atoms with van der Waals surface area (Å²) in [6.45, 7) is 2.11. The lowest BCUT2D eigenvalue weighted by Crippen LogP contribution is -2.29. The van der Waals surface area contributed by atoms with Crippen LogP contribution in [0.2, 0.25) is 5.02 Å². The fourth-order valence-electron chi connectivity index (χ4n) is 7.29. The Bertz CT molecular complexity index is 2630. The van der Waals surface area contributed by atoms with Gasteiger partial charge in [-0.3, -0.25) is 18.4 Å². The second-order valence-corrected chi connectivity index (χ2v) is 15.5. The first-order chi connectivity index (χ1) is 29.2. The molecule has 1 aliphatic rings. The fraction of sp³-hybridized carbons (Fsp3) is 0.283. The van der Waals surface area contributed by atoms with Gasteiger partial charge in [0.15, 0.2) is 0 Å². The second kappa shape index (κ2) is 18.7.